The number of phenolic OH excluding ortho intramolecular Hbond substituents is 1. The van der Waals surface area contributed by atoms with Crippen LogP contribution in [-0.2, 0) is 11.2 Å². The summed E-state index contributed by atoms with van der Waals surface area (Å²) in [6.07, 6.45) is -0.195. The smallest absolute Gasteiger partial charge is 0.229 e. The largest absolute Gasteiger partial charge is 0.506 e. The van der Waals surface area contributed by atoms with Gasteiger partial charge in [-0.2, -0.15) is 0 Å². The van der Waals surface area contributed by atoms with Crippen molar-refractivity contribution in [1.29, 1.82) is 0 Å². The van der Waals surface area contributed by atoms with Crippen molar-refractivity contribution < 1.29 is 14.3 Å². The van der Waals surface area contributed by atoms with E-state index >= 15 is 0 Å². The highest BCUT2D eigenvalue weighted by molar-refractivity contribution is 6.31. The summed E-state index contributed by atoms with van der Waals surface area (Å²) in [6, 6.07) is 10.6. The van der Waals surface area contributed by atoms with Crippen molar-refractivity contribution in [2.75, 3.05) is 5.32 Å². The van der Waals surface area contributed by atoms with Gasteiger partial charge in [0.25, 0.3) is 0 Å². The number of anilines is 1. The van der Waals surface area contributed by atoms with Crippen molar-refractivity contribution in [1.82, 2.24) is 0 Å². The van der Waals surface area contributed by atoms with Crippen LogP contribution in [0.2, 0.25) is 5.02 Å². The first-order valence-corrected chi connectivity index (χ1v) is 5.96. The molecule has 0 saturated heterocycles. The van der Waals surface area contributed by atoms with Gasteiger partial charge in [-0.3, -0.25) is 4.79 Å². The fourth-order valence-electron chi connectivity index (χ4n) is 1.64. The van der Waals surface area contributed by atoms with Crippen molar-refractivity contribution >= 4 is 23.2 Å². The molecule has 0 aliphatic carbocycles. The van der Waals surface area contributed by atoms with E-state index in [9.17, 15) is 14.3 Å². The Morgan fingerprint density at radius 1 is 1.21 bits per heavy atom. The maximum Gasteiger partial charge on any atom is 0.229 e. The second-order valence-electron chi connectivity index (χ2n) is 3.94. The second-order valence-corrected chi connectivity index (χ2v) is 4.35. The molecule has 0 fully saturated rings. The molecular weight excluding hydrogens is 269 g/mol. The van der Waals surface area contributed by atoms with Gasteiger partial charge >= 0.3 is 0 Å². The monoisotopic (exact) mass is 279 g/mol. The van der Waals surface area contributed by atoms with Crippen molar-refractivity contribution in [3.05, 3.63) is 58.9 Å². The molecule has 98 valence electrons. The lowest BCUT2D eigenvalue weighted by Crippen LogP contribution is -2.15. The molecule has 19 heavy (non-hydrogen) atoms. The van der Waals surface area contributed by atoms with Gasteiger partial charge in [0, 0.05) is 10.6 Å². The van der Waals surface area contributed by atoms with Gasteiger partial charge in [0.05, 0.1) is 12.1 Å². The third-order valence-corrected chi connectivity index (χ3v) is 2.93. The Hall–Kier alpha value is -2.07. The Morgan fingerprint density at radius 2 is 1.95 bits per heavy atom. The average Bonchev–Trinajstić information content (AvgIpc) is 2.37. The van der Waals surface area contributed by atoms with Crippen molar-refractivity contribution in [3.63, 3.8) is 0 Å². The van der Waals surface area contributed by atoms with E-state index in [2.05, 4.69) is 5.32 Å². The van der Waals surface area contributed by atoms with Crippen LogP contribution in [0.3, 0.4) is 0 Å². The zero-order valence-corrected chi connectivity index (χ0v) is 10.6. The highest BCUT2D eigenvalue weighted by Crippen LogP contribution is 2.23. The van der Waals surface area contributed by atoms with E-state index in [1.54, 1.807) is 18.2 Å². The van der Waals surface area contributed by atoms with Gasteiger partial charge in [-0.05, 0) is 24.3 Å². The number of carbonyl (C=O) groups is 1. The molecular formula is C14H11ClFNO2. The topological polar surface area (TPSA) is 49.3 Å². The van der Waals surface area contributed by atoms with Crippen LogP contribution in [0.25, 0.3) is 0 Å². The summed E-state index contributed by atoms with van der Waals surface area (Å²) in [6.45, 7) is 0. The predicted octanol–water partition coefficient (Wildman–Crippen LogP) is 3.37. The Bertz CT molecular complexity index is 596. The molecule has 0 unspecified atom stereocenters. The molecule has 2 N–H and O–H groups in total. The summed E-state index contributed by atoms with van der Waals surface area (Å²) < 4.78 is 13.5. The number of hydrogen-bond donors (Lipinski definition) is 2. The molecule has 0 radical (unpaired) electrons. The Kier molecular flexibility index (Phi) is 4.02. The number of aromatic hydroxyl groups is 1. The van der Waals surface area contributed by atoms with E-state index in [1.165, 1.54) is 24.3 Å². The molecule has 0 bridgehead atoms. The molecule has 0 atom stereocenters. The predicted molar refractivity (Wildman–Crippen MR) is 71.9 cm³/mol. The maximum atomic E-state index is 13.5. The van der Waals surface area contributed by atoms with Gasteiger partial charge in [0.1, 0.15) is 11.6 Å². The molecule has 1 amide bonds. The SMILES string of the molecule is O=C(Cc1c(F)cccc1Cl)Nc1ccccc1O. The molecule has 5 heteroatoms. The minimum absolute atomic E-state index is 0.0459. The van der Waals surface area contributed by atoms with Crippen LogP contribution in [0.15, 0.2) is 42.5 Å². The number of rotatable bonds is 3. The summed E-state index contributed by atoms with van der Waals surface area (Å²) in [7, 11) is 0. The van der Waals surface area contributed by atoms with E-state index in [1.807, 2.05) is 0 Å². The minimum atomic E-state index is -0.528. The maximum absolute atomic E-state index is 13.5. The number of para-hydroxylation sites is 2. The number of halogens is 2. The van der Waals surface area contributed by atoms with Crippen LogP contribution in [0.4, 0.5) is 10.1 Å². The van der Waals surface area contributed by atoms with Gasteiger partial charge in [0.2, 0.25) is 5.91 Å². The normalized spacial score (nSPS) is 10.2. The summed E-state index contributed by atoms with van der Waals surface area (Å²) in [5.74, 6) is -1.02. The highest BCUT2D eigenvalue weighted by Gasteiger charge is 2.12. The zero-order chi connectivity index (χ0) is 13.8. The van der Waals surface area contributed by atoms with E-state index < -0.39 is 11.7 Å². The summed E-state index contributed by atoms with van der Waals surface area (Å²) in [5, 5.41) is 12.2. The van der Waals surface area contributed by atoms with Crippen molar-refractivity contribution in [2.45, 2.75) is 6.42 Å². The number of carbonyl (C=O) groups excluding carboxylic acids is 1. The summed E-state index contributed by atoms with van der Waals surface area (Å²) in [4.78, 5) is 11.8. The summed E-state index contributed by atoms with van der Waals surface area (Å²) in [5.41, 5.74) is 0.414. The molecule has 2 aromatic rings. The molecule has 2 aromatic carbocycles. The third kappa shape index (κ3) is 3.23. The lowest BCUT2D eigenvalue weighted by molar-refractivity contribution is -0.115. The van der Waals surface area contributed by atoms with Crippen LogP contribution in [0.5, 0.6) is 5.75 Å². The van der Waals surface area contributed by atoms with Crippen LogP contribution in [-0.4, -0.2) is 11.0 Å². The van der Waals surface area contributed by atoms with Crippen LogP contribution < -0.4 is 5.32 Å². The zero-order valence-electron chi connectivity index (χ0n) is 9.86. The summed E-state index contributed by atoms with van der Waals surface area (Å²) >= 11 is 5.84. The average molecular weight is 280 g/mol. The second kappa shape index (κ2) is 5.71. The molecule has 0 aliphatic heterocycles. The van der Waals surface area contributed by atoms with E-state index in [0.717, 1.165) is 0 Å². The Balaban J connectivity index is 2.12. The Morgan fingerprint density at radius 3 is 2.63 bits per heavy atom. The van der Waals surface area contributed by atoms with Gasteiger partial charge in [-0.25, -0.2) is 4.39 Å². The van der Waals surface area contributed by atoms with Crippen LogP contribution in [0, 0.1) is 5.82 Å². The number of hydrogen-bond acceptors (Lipinski definition) is 2. The van der Waals surface area contributed by atoms with Gasteiger partial charge in [-0.1, -0.05) is 29.8 Å². The van der Waals surface area contributed by atoms with Crippen LogP contribution >= 0.6 is 11.6 Å². The van der Waals surface area contributed by atoms with E-state index in [-0.39, 0.29) is 28.4 Å². The first kappa shape index (κ1) is 13.4. The van der Waals surface area contributed by atoms with E-state index in [0.29, 0.717) is 0 Å². The van der Waals surface area contributed by atoms with Gasteiger partial charge in [0.15, 0.2) is 0 Å². The van der Waals surface area contributed by atoms with Gasteiger partial charge < -0.3 is 10.4 Å². The van der Waals surface area contributed by atoms with Crippen molar-refractivity contribution in [2.24, 2.45) is 0 Å². The minimum Gasteiger partial charge on any atom is -0.506 e. The molecule has 3 nitrogen and oxygen atoms in total. The molecule has 2 rings (SSSR count). The first-order valence-electron chi connectivity index (χ1n) is 5.58. The quantitative estimate of drug-likeness (QED) is 0.847. The van der Waals surface area contributed by atoms with Crippen molar-refractivity contribution in [3.8, 4) is 5.75 Å². The van der Waals surface area contributed by atoms with E-state index in [4.69, 9.17) is 11.6 Å². The first-order chi connectivity index (χ1) is 9.08. The molecule has 0 saturated carbocycles. The third-order valence-electron chi connectivity index (χ3n) is 2.58. The number of benzene rings is 2. The lowest BCUT2D eigenvalue weighted by atomic mass is 10.1. The van der Waals surface area contributed by atoms with Gasteiger partial charge in [-0.15, -0.1) is 0 Å². The fraction of sp³-hybridized carbons (Fsp3) is 0.0714. The number of amides is 1. The van der Waals surface area contributed by atoms with Crippen LogP contribution in [0.1, 0.15) is 5.56 Å². The Labute approximate surface area is 114 Å². The molecule has 0 heterocycles. The lowest BCUT2D eigenvalue weighted by Gasteiger charge is -2.08. The molecule has 0 aromatic heterocycles. The molecule has 0 spiro atoms. The number of phenols is 1. The molecule has 0 aliphatic rings. The number of nitrogens with one attached hydrogen (secondary N) is 1. The fourth-order valence-corrected chi connectivity index (χ4v) is 1.87. The standard InChI is InChI=1S/C14H11ClFNO2/c15-10-4-3-5-11(16)9(10)8-14(19)17-12-6-1-2-7-13(12)18/h1-7,18H,8H2,(H,17,19). The highest BCUT2D eigenvalue weighted by atomic mass is 35.5.